The van der Waals surface area contributed by atoms with E-state index >= 15 is 0 Å². The lowest BCUT2D eigenvalue weighted by Gasteiger charge is -2.10. The molecule has 0 saturated carbocycles. The number of methoxy groups -OCH3 is 1. The van der Waals surface area contributed by atoms with Gasteiger partial charge in [-0.3, -0.25) is 4.79 Å². The molecule has 2 rings (SSSR count). The minimum absolute atomic E-state index is 0.105. The van der Waals surface area contributed by atoms with E-state index in [1.54, 1.807) is 0 Å². The van der Waals surface area contributed by atoms with Gasteiger partial charge in [0.2, 0.25) is 0 Å². The topological polar surface area (TPSA) is 55.8 Å². The molecule has 0 bridgehead atoms. The summed E-state index contributed by atoms with van der Waals surface area (Å²) in [5, 5.41) is 9.49. The maximum Gasteiger partial charge on any atom is 0.573 e. The molecule has 4 nitrogen and oxygen atoms in total. The lowest BCUT2D eigenvalue weighted by Crippen LogP contribution is -2.17. The second-order valence-electron chi connectivity index (χ2n) is 4.67. The molecule has 0 spiro atoms. The average molecular weight is 338 g/mol. The van der Waals surface area contributed by atoms with E-state index in [1.807, 2.05) is 0 Å². The van der Waals surface area contributed by atoms with E-state index in [2.05, 4.69) is 4.74 Å². The van der Waals surface area contributed by atoms with Crippen molar-refractivity contribution < 1.29 is 32.5 Å². The van der Waals surface area contributed by atoms with Crippen LogP contribution in [0.25, 0.3) is 6.08 Å². The normalized spacial score (nSPS) is 11.5. The Morgan fingerprint density at radius 1 is 1.12 bits per heavy atom. The number of phenolic OH excluding ortho intramolecular Hbond substituents is 1. The predicted octanol–water partition coefficient (Wildman–Crippen LogP) is 4.20. The molecule has 0 fully saturated rings. The van der Waals surface area contributed by atoms with Crippen molar-refractivity contribution in [2.45, 2.75) is 6.36 Å². The molecule has 0 heterocycles. The molecule has 0 unspecified atom stereocenters. The van der Waals surface area contributed by atoms with E-state index in [0.29, 0.717) is 0 Å². The van der Waals surface area contributed by atoms with Crippen molar-refractivity contribution in [3.05, 3.63) is 59.7 Å². The summed E-state index contributed by atoms with van der Waals surface area (Å²) in [4.78, 5) is 12.1. The first-order chi connectivity index (χ1) is 11.3. The number of ether oxygens (including phenoxy) is 2. The summed E-state index contributed by atoms with van der Waals surface area (Å²) in [7, 11) is 1.34. The highest BCUT2D eigenvalue weighted by Crippen LogP contribution is 2.28. The van der Waals surface area contributed by atoms with Crippen LogP contribution in [0.1, 0.15) is 15.9 Å². The molecule has 0 aliphatic carbocycles. The van der Waals surface area contributed by atoms with E-state index in [1.165, 1.54) is 49.6 Å². The number of halogens is 3. The van der Waals surface area contributed by atoms with E-state index in [-0.39, 0.29) is 22.6 Å². The summed E-state index contributed by atoms with van der Waals surface area (Å²) in [5.74, 6) is -0.871. The SMILES string of the molecule is COc1cc(C(=O)C=Cc2ccccc2OC(F)(F)F)ccc1O. The fraction of sp³-hybridized carbons (Fsp3) is 0.118. The van der Waals surface area contributed by atoms with Gasteiger partial charge in [-0.15, -0.1) is 13.2 Å². The van der Waals surface area contributed by atoms with Crippen LogP contribution in [0.3, 0.4) is 0 Å². The lowest BCUT2D eigenvalue weighted by atomic mass is 10.1. The first-order valence-corrected chi connectivity index (χ1v) is 6.74. The van der Waals surface area contributed by atoms with Crippen LogP contribution < -0.4 is 9.47 Å². The number of ketones is 1. The standard InChI is InChI=1S/C17H13F3O4/c1-23-16-10-12(7-9-14(16)22)13(21)8-6-11-4-2-3-5-15(11)24-17(18,19)20/h2-10,22H,1H3. The fourth-order valence-electron chi connectivity index (χ4n) is 1.93. The third-order valence-electron chi connectivity index (χ3n) is 3.02. The lowest BCUT2D eigenvalue weighted by molar-refractivity contribution is -0.274. The number of allylic oxidation sites excluding steroid dienone is 1. The van der Waals surface area contributed by atoms with Gasteiger partial charge in [-0.1, -0.05) is 18.2 Å². The maximum absolute atomic E-state index is 12.4. The predicted molar refractivity (Wildman–Crippen MR) is 81.1 cm³/mol. The van der Waals surface area contributed by atoms with Gasteiger partial charge in [0, 0.05) is 11.1 Å². The largest absolute Gasteiger partial charge is 0.573 e. The highest BCUT2D eigenvalue weighted by molar-refractivity contribution is 6.07. The molecule has 0 aliphatic rings. The molecule has 1 N–H and O–H groups in total. The zero-order chi connectivity index (χ0) is 17.7. The molecule has 2 aromatic rings. The number of phenols is 1. The molecule has 0 amide bonds. The van der Waals surface area contributed by atoms with Crippen molar-refractivity contribution in [3.63, 3.8) is 0 Å². The molecule has 7 heteroatoms. The molecule has 0 saturated heterocycles. The van der Waals surface area contributed by atoms with Crippen molar-refractivity contribution in [2.75, 3.05) is 7.11 Å². The van der Waals surface area contributed by atoms with Gasteiger partial charge in [0.1, 0.15) is 5.75 Å². The molecule has 0 aromatic heterocycles. The summed E-state index contributed by atoms with van der Waals surface area (Å²) in [5.41, 5.74) is 0.323. The number of hydrogen-bond donors (Lipinski definition) is 1. The van der Waals surface area contributed by atoms with Gasteiger partial charge >= 0.3 is 6.36 Å². The van der Waals surface area contributed by atoms with Gasteiger partial charge in [-0.05, 0) is 36.4 Å². The third kappa shape index (κ3) is 4.52. The Kier molecular flexibility index (Phi) is 5.13. The highest BCUT2D eigenvalue weighted by Gasteiger charge is 2.31. The van der Waals surface area contributed by atoms with E-state index in [9.17, 15) is 23.1 Å². The van der Waals surface area contributed by atoms with Crippen LogP contribution in [0, 0.1) is 0 Å². The molecular formula is C17H13F3O4. The Bertz CT molecular complexity index is 767. The van der Waals surface area contributed by atoms with Crippen molar-refractivity contribution in [3.8, 4) is 17.2 Å². The molecule has 0 radical (unpaired) electrons. The average Bonchev–Trinajstić information content (AvgIpc) is 2.52. The van der Waals surface area contributed by atoms with Gasteiger partial charge in [0.15, 0.2) is 17.3 Å². The number of rotatable bonds is 5. The zero-order valence-corrected chi connectivity index (χ0v) is 12.5. The molecule has 126 valence electrons. The van der Waals surface area contributed by atoms with Gasteiger partial charge in [0.25, 0.3) is 0 Å². The molecule has 2 aromatic carbocycles. The fourth-order valence-corrected chi connectivity index (χ4v) is 1.93. The Balaban J connectivity index is 2.23. The summed E-state index contributed by atoms with van der Waals surface area (Å²) in [6, 6.07) is 9.47. The Hall–Kier alpha value is -2.96. The second kappa shape index (κ2) is 7.08. The number of alkyl halides is 3. The van der Waals surface area contributed by atoms with Crippen molar-refractivity contribution in [1.82, 2.24) is 0 Å². The van der Waals surface area contributed by atoms with Crippen molar-refractivity contribution >= 4 is 11.9 Å². The number of carbonyl (C=O) groups is 1. The smallest absolute Gasteiger partial charge is 0.504 e. The zero-order valence-electron chi connectivity index (χ0n) is 12.5. The van der Waals surface area contributed by atoms with E-state index in [0.717, 1.165) is 12.1 Å². The van der Waals surface area contributed by atoms with Gasteiger partial charge in [-0.25, -0.2) is 0 Å². The van der Waals surface area contributed by atoms with Crippen molar-refractivity contribution in [1.29, 1.82) is 0 Å². The number of benzene rings is 2. The van der Waals surface area contributed by atoms with Crippen molar-refractivity contribution in [2.24, 2.45) is 0 Å². The highest BCUT2D eigenvalue weighted by atomic mass is 19.4. The quantitative estimate of drug-likeness (QED) is 0.656. The summed E-state index contributed by atoms with van der Waals surface area (Å²) < 4.78 is 45.9. The third-order valence-corrected chi connectivity index (χ3v) is 3.02. The van der Waals surface area contributed by atoms with Crippen LogP contribution in [0.5, 0.6) is 17.2 Å². The van der Waals surface area contributed by atoms with Gasteiger partial charge < -0.3 is 14.6 Å². The van der Waals surface area contributed by atoms with Crippen LogP contribution in [-0.2, 0) is 0 Å². The Morgan fingerprint density at radius 3 is 2.50 bits per heavy atom. The van der Waals surface area contributed by atoms with Crippen LogP contribution in [-0.4, -0.2) is 24.4 Å². The monoisotopic (exact) mass is 338 g/mol. The molecular weight excluding hydrogens is 325 g/mol. The number of hydrogen-bond acceptors (Lipinski definition) is 4. The number of para-hydroxylation sites is 1. The minimum Gasteiger partial charge on any atom is -0.504 e. The Morgan fingerprint density at radius 2 is 1.83 bits per heavy atom. The number of aromatic hydroxyl groups is 1. The molecule has 24 heavy (non-hydrogen) atoms. The summed E-state index contributed by atoms with van der Waals surface area (Å²) in [6.07, 6.45) is -2.48. The van der Waals surface area contributed by atoms with Crippen LogP contribution >= 0.6 is 0 Å². The first kappa shape index (κ1) is 17.4. The summed E-state index contributed by atoms with van der Waals surface area (Å²) >= 11 is 0. The minimum atomic E-state index is -4.82. The molecule has 0 aliphatic heterocycles. The molecule has 0 atom stereocenters. The maximum atomic E-state index is 12.4. The van der Waals surface area contributed by atoms with Gasteiger partial charge in [-0.2, -0.15) is 0 Å². The Labute approximate surface area is 135 Å². The van der Waals surface area contributed by atoms with Crippen LogP contribution in [0.2, 0.25) is 0 Å². The van der Waals surface area contributed by atoms with E-state index < -0.39 is 17.9 Å². The number of carbonyl (C=O) groups excluding carboxylic acids is 1. The summed E-state index contributed by atoms with van der Waals surface area (Å²) in [6.45, 7) is 0. The van der Waals surface area contributed by atoms with Crippen LogP contribution in [0.15, 0.2) is 48.5 Å². The van der Waals surface area contributed by atoms with Crippen LogP contribution in [0.4, 0.5) is 13.2 Å². The first-order valence-electron chi connectivity index (χ1n) is 6.74. The van der Waals surface area contributed by atoms with Gasteiger partial charge in [0.05, 0.1) is 7.11 Å². The second-order valence-corrected chi connectivity index (χ2v) is 4.67. The van der Waals surface area contributed by atoms with E-state index in [4.69, 9.17) is 4.74 Å².